The Morgan fingerprint density at radius 3 is 2.40 bits per heavy atom. The van der Waals surface area contributed by atoms with Crippen molar-refractivity contribution in [1.82, 2.24) is 10.2 Å². The van der Waals surface area contributed by atoms with E-state index in [-0.39, 0.29) is 11.8 Å². The molecule has 5 heteroatoms. The zero-order valence-corrected chi connectivity index (χ0v) is 15.5. The van der Waals surface area contributed by atoms with E-state index in [1.807, 2.05) is 61.5 Å². The molecular formula is C20H21N3OS. The lowest BCUT2D eigenvalue weighted by Gasteiger charge is -2.20. The number of hydrogen-bond donors (Lipinski definition) is 0. The molecule has 3 rings (SSSR count). The van der Waals surface area contributed by atoms with Crippen molar-refractivity contribution in [2.45, 2.75) is 26.2 Å². The number of rotatable bonds is 5. The summed E-state index contributed by atoms with van der Waals surface area (Å²) in [4.78, 5) is 14.6. The van der Waals surface area contributed by atoms with E-state index < -0.39 is 0 Å². The summed E-state index contributed by atoms with van der Waals surface area (Å²) in [6.45, 7) is 4.08. The number of hydrogen-bond acceptors (Lipinski definition) is 4. The Hall–Kier alpha value is -2.53. The van der Waals surface area contributed by atoms with Crippen LogP contribution < -0.4 is 4.90 Å². The van der Waals surface area contributed by atoms with Crippen LogP contribution in [-0.4, -0.2) is 23.2 Å². The molecule has 4 nitrogen and oxygen atoms in total. The second-order valence-corrected chi connectivity index (χ2v) is 6.98. The molecule has 0 fully saturated rings. The molecule has 0 bridgehead atoms. The summed E-state index contributed by atoms with van der Waals surface area (Å²) in [5, 5.41) is 9.91. The topological polar surface area (TPSA) is 46.1 Å². The van der Waals surface area contributed by atoms with Crippen LogP contribution in [0, 0.1) is 6.92 Å². The van der Waals surface area contributed by atoms with Crippen LogP contribution in [-0.2, 0) is 4.79 Å². The van der Waals surface area contributed by atoms with Crippen molar-refractivity contribution in [3.8, 4) is 10.6 Å². The highest BCUT2D eigenvalue weighted by atomic mass is 32.1. The summed E-state index contributed by atoms with van der Waals surface area (Å²) in [7, 11) is 1.77. The summed E-state index contributed by atoms with van der Waals surface area (Å²) in [6, 6.07) is 18.0. The van der Waals surface area contributed by atoms with Gasteiger partial charge in [0.2, 0.25) is 11.0 Å². The third kappa shape index (κ3) is 3.77. The molecule has 1 aromatic heterocycles. The van der Waals surface area contributed by atoms with E-state index in [0.29, 0.717) is 5.13 Å². The maximum atomic E-state index is 12.9. The van der Waals surface area contributed by atoms with Crippen molar-refractivity contribution in [3.05, 3.63) is 65.7 Å². The van der Waals surface area contributed by atoms with E-state index in [2.05, 4.69) is 17.1 Å². The van der Waals surface area contributed by atoms with Gasteiger partial charge in [-0.15, -0.1) is 10.2 Å². The van der Waals surface area contributed by atoms with Gasteiger partial charge >= 0.3 is 0 Å². The largest absolute Gasteiger partial charge is 0.289 e. The minimum Gasteiger partial charge on any atom is -0.289 e. The molecule has 3 aromatic rings. The number of anilines is 1. The van der Waals surface area contributed by atoms with Gasteiger partial charge < -0.3 is 0 Å². The van der Waals surface area contributed by atoms with Crippen LogP contribution >= 0.6 is 11.3 Å². The first-order valence-corrected chi connectivity index (χ1v) is 9.15. The van der Waals surface area contributed by atoms with Crippen LogP contribution in [0.5, 0.6) is 0 Å². The van der Waals surface area contributed by atoms with Crippen LogP contribution in [0.2, 0.25) is 0 Å². The number of carbonyl (C=O) groups excluding carboxylic acids is 1. The maximum Gasteiger partial charge on any atom is 0.236 e. The summed E-state index contributed by atoms with van der Waals surface area (Å²) >= 11 is 1.43. The fourth-order valence-corrected chi connectivity index (χ4v) is 3.55. The molecule has 0 spiro atoms. The lowest BCUT2D eigenvalue weighted by atomic mass is 9.95. The van der Waals surface area contributed by atoms with E-state index in [9.17, 15) is 4.79 Å². The Bertz CT molecular complexity index is 843. The molecule has 0 radical (unpaired) electrons. The SMILES string of the molecule is CC[C@H](C(=O)N(C)c1nnc(-c2ccc(C)cc2)s1)c1ccccc1. The first-order chi connectivity index (χ1) is 12.1. The Balaban J connectivity index is 1.82. The van der Waals surface area contributed by atoms with Crippen molar-refractivity contribution >= 4 is 22.4 Å². The van der Waals surface area contributed by atoms with Gasteiger partial charge in [-0.25, -0.2) is 0 Å². The zero-order valence-electron chi connectivity index (χ0n) is 14.6. The van der Waals surface area contributed by atoms with Crippen molar-refractivity contribution in [1.29, 1.82) is 0 Å². The normalized spacial score (nSPS) is 12.0. The Kier molecular flexibility index (Phi) is 5.24. The van der Waals surface area contributed by atoms with Gasteiger partial charge in [0.05, 0.1) is 5.92 Å². The summed E-state index contributed by atoms with van der Waals surface area (Å²) in [6.07, 6.45) is 0.747. The summed E-state index contributed by atoms with van der Waals surface area (Å²) in [5.41, 5.74) is 3.25. The van der Waals surface area contributed by atoms with Crippen molar-refractivity contribution < 1.29 is 4.79 Å². The molecule has 0 aliphatic carbocycles. The molecule has 1 atom stereocenters. The van der Waals surface area contributed by atoms with E-state index in [0.717, 1.165) is 22.6 Å². The molecule has 0 unspecified atom stereocenters. The molecule has 1 heterocycles. The number of likely N-dealkylation sites (N-methyl/N-ethyl adjacent to an activating group) is 1. The van der Waals surface area contributed by atoms with E-state index in [4.69, 9.17) is 0 Å². The van der Waals surface area contributed by atoms with Gasteiger partial charge in [-0.3, -0.25) is 9.69 Å². The first kappa shape index (κ1) is 17.3. The number of amides is 1. The van der Waals surface area contributed by atoms with Crippen LogP contribution in [0.15, 0.2) is 54.6 Å². The second-order valence-electron chi connectivity index (χ2n) is 6.02. The number of nitrogens with zero attached hydrogens (tertiary/aromatic N) is 3. The maximum absolute atomic E-state index is 12.9. The molecule has 0 aliphatic heterocycles. The van der Waals surface area contributed by atoms with Crippen molar-refractivity contribution in [2.75, 3.05) is 11.9 Å². The highest BCUT2D eigenvalue weighted by molar-refractivity contribution is 7.18. The number of benzene rings is 2. The fraction of sp³-hybridized carbons (Fsp3) is 0.250. The smallest absolute Gasteiger partial charge is 0.236 e. The van der Waals surface area contributed by atoms with Gasteiger partial charge in [-0.05, 0) is 18.9 Å². The monoisotopic (exact) mass is 351 g/mol. The quantitative estimate of drug-likeness (QED) is 0.671. The highest BCUT2D eigenvalue weighted by Crippen LogP contribution is 2.30. The average molecular weight is 351 g/mol. The van der Waals surface area contributed by atoms with E-state index >= 15 is 0 Å². The number of carbonyl (C=O) groups is 1. The molecule has 2 aromatic carbocycles. The summed E-state index contributed by atoms with van der Waals surface area (Å²) < 4.78 is 0. The van der Waals surface area contributed by atoms with Gasteiger partial charge in [-0.1, -0.05) is 78.4 Å². The Labute approximate surface area is 152 Å². The lowest BCUT2D eigenvalue weighted by molar-refractivity contribution is -0.119. The lowest BCUT2D eigenvalue weighted by Crippen LogP contribution is -2.31. The molecule has 0 aliphatic rings. The van der Waals surface area contributed by atoms with E-state index in [1.54, 1.807) is 11.9 Å². The minimum absolute atomic E-state index is 0.0420. The van der Waals surface area contributed by atoms with Gasteiger partial charge in [0, 0.05) is 12.6 Å². The highest BCUT2D eigenvalue weighted by Gasteiger charge is 2.25. The third-order valence-electron chi connectivity index (χ3n) is 4.24. The van der Waals surface area contributed by atoms with Gasteiger partial charge in [-0.2, -0.15) is 0 Å². The average Bonchev–Trinajstić information content (AvgIpc) is 3.13. The standard InChI is InChI=1S/C20H21N3OS/c1-4-17(15-8-6-5-7-9-15)19(24)23(3)20-22-21-18(25-20)16-12-10-14(2)11-13-16/h5-13,17H,4H2,1-3H3/t17-/m0/s1. The molecule has 0 N–H and O–H groups in total. The fourth-order valence-electron chi connectivity index (χ4n) is 2.73. The third-order valence-corrected chi connectivity index (χ3v) is 5.29. The molecule has 0 saturated carbocycles. The van der Waals surface area contributed by atoms with Crippen molar-refractivity contribution in [2.24, 2.45) is 0 Å². The minimum atomic E-state index is -0.169. The zero-order chi connectivity index (χ0) is 17.8. The second kappa shape index (κ2) is 7.57. The van der Waals surface area contributed by atoms with Crippen LogP contribution in [0.4, 0.5) is 5.13 Å². The van der Waals surface area contributed by atoms with Gasteiger partial charge in [0.25, 0.3) is 0 Å². The van der Waals surface area contributed by atoms with Crippen LogP contribution in [0.1, 0.15) is 30.4 Å². The number of aromatic nitrogens is 2. The summed E-state index contributed by atoms with van der Waals surface area (Å²) in [5.74, 6) is -0.127. The predicted octanol–water partition coefficient (Wildman–Crippen LogP) is 4.67. The molecule has 128 valence electrons. The van der Waals surface area contributed by atoms with Gasteiger partial charge in [0.15, 0.2) is 0 Å². The van der Waals surface area contributed by atoms with E-state index in [1.165, 1.54) is 16.9 Å². The molecule has 0 saturated heterocycles. The first-order valence-electron chi connectivity index (χ1n) is 8.33. The predicted molar refractivity (Wildman–Crippen MR) is 103 cm³/mol. The van der Waals surface area contributed by atoms with Crippen LogP contribution in [0.25, 0.3) is 10.6 Å². The van der Waals surface area contributed by atoms with Crippen LogP contribution in [0.3, 0.4) is 0 Å². The van der Waals surface area contributed by atoms with Gasteiger partial charge in [0.1, 0.15) is 5.01 Å². The molecular weight excluding hydrogens is 330 g/mol. The van der Waals surface area contributed by atoms with Crippen molar-refractivity contribution in [3.63, 3.8) is 0 Å². The Morgan fingerprint density at radius 1 is 1.08 bits per heavy atom. The Morgan fingerprint density at radius 2 is 1.76 bits per heavy atom. The molecule has 25 heavy (non-hydrogen) atoms. The number of aryl methyl sites for hydroxylation is 1. The molecule has 1 amide bonds.